The number of aromatic amines is 1. The number of aryl methyl sites for hydroxylation is 1. The Labute approximate surface area is 177 Å². The van der Waals surface area contributed by atoms with Crippen molar-refractivity contribution in [3.05, 3.63) is 68.5 Å². The van der Waals surface area contributed by atoms with Crippen molar-refractivity contribution in [1.82, 2.24) is 9.55 Å². The van der Waals surface area contributed by atoms with E-state index in [2.05, 4.69) is 38.8 Å². The van der Waals surface area contributed by atoms with Crippen LogP contribution in [0.3, 0.4) is 0 Å². The van der Waals surface area contributed by atoms with E-state index in [0.717, 1.165) is 5.56 Å². The van der Waals surface area contributed by atoms with E-state index in [-0.39, 0.29) is 11.1 Å². The summed E-state index contributed by atoms with van der Waals surface area (Å²) in [4.78, 5) is 26.5. The van der Waals surface area contributed by atoms with Gasteiger partial charge in [0.2, 0.25) is 0 Å². The number of rotatable bonds is 5. The van der Waals surface area contributed by atoms with Gasteiger partial charge in [-0.25, -0.2) is 4.79 Å². The molecule has 0 amide bonds. The van der Waals surface area contributed by atoms with Crippen LogP contribution < -0.4 is 11.2 Å². The first kappa shape index (κ1) is 22.7. The molecule has 7 nitrogen and oxygen atoms in total. The van der Waals surface area contributed by atoms with Gasteiger partial charge < -0.3 is 14.3 Å². The summed E-state index contributed by atoms with van der Waals surface area (Å²) >= 11 is 0. The monoisotopic (exact) mass is 432 g/mol. The lowest BCUT2D eigenvalue weighted by atomic mass is 10.0. The smallest absolute Gasteiger partial charge is 0.330 e. The van der Waals surface area contributed by atoms with E-state index < -0.39 is 38.0 Å². The summed E-state index contributed by atoms with van der Waals surface area (Å²) < 4.78 is 14.2. The van der Waals surface area contributed by atoms with Gasteiger partial charge in [0.25, 0.3) is 5.56 Å². The van der Waals surface area contributed by atoms with Crippen molar-refractivity contribution in [3.8, 4) is 0 Å². The molecule has 1 aliphatic heterocycles. The molecule has 0 spiro atoms. The fourth-order valence-corrected chi connectivity index (χ4v) is 4.77. The van der Waals surface area contributed by atoms with Crippen LogP contribution in [0.1, 0.15) is 50.7 Å². The lowest BCUT2D eigenvalue weighted by Crippen LogP contribution is -2.46. The molecule has 1 fully saturated rings. The normalized spacial score (nSPS) is 23.5. The number of benzene rings is 1. The molecule has 2 heterocycles. The highest BCUT2D eigenvalue weighted by atomic mass is 28.4. The van der Waals surface area contributed by atoms with Gasteiger partial charge in [0.1, 0.15) is 18.4 Å². The van der Waals surface area contributed by atoms with Crippen molar-refractivity contribution >= 4 is 8.32 Å². The Balaban J connectivity index is 1.96. The average Bonchev–Trinajstić information content (AvgIpc) is 3.06. The van der Waals surface area contributed by atoms with Crippen LogP contribution in [0.25, 0.3) is 0 Å². The summed E-state index contributed by atoms with van der Waals surface area (Å²) in [6.45, 7) is 12.4. The van der Waals surface area contributed by atoms with Gasteiger partial charge in [0, 0.05) is 18.2 Å². The summed E-state index contributed by atoms with van der Waals surface area (Å²) in [5.74, 6) is 0. The molecule has 0 aliphatic carbocycles. The molecule has 30 heavy (non-hydrogen) atoms. The van der Waals surface area contributed by atoms with Crippen LogP contribution in [0.5, 0.6) is 0 Å². The molecule has 0 saturated carbocycles. The zero-order valence-corrected chi connectivity index (χ0v) is 19.5. The molecule has 3 rings (SSSR count). The number of nitrogens with one attached hydrogen (secondary N) is 1. The second-order valence-electron chi connectivity index (χ2n) is 9.54. The number of hydrogen-bond acceptors (Lipinski definition) is 5. The third-order valence-electron chi connectivity index (χ3n) is 6.28. The fraction of sp³-hybridized carbons (Fsp3) is 0.545. The van der Waals surface area contributed by atoms with Gasteiger partial charge in [-0.1, -0.05) is 51.1 Å². The minimum Gasteiger partial charge on any atom is -0.411 e. The Kier molecular flexibility index (Phi) is 6.24. The summed E-state index contributed by atoms with van der Waals surface area (Å²) in [5, 5.41) is 11.1. The third kappa shape index (κ3) is 4.51. The van der Waals surface area contributed by atoms with E-state index in [0.29, 0.717) is 12.0 Å². The number of nitrogens with zero attached hydrogens (tertiary/aromatic N) is 1. The van der Waals surface area contributed by atoms with Gasteiger partial charge in [-0.2, -0.15) is 0 Å². The van der Waals surface area contributed by atoms with Crippen LogP contribution in [0, 0.1) is 6.92 Å². The van der Waals surface area contributed by atoms with Gasteiger partial charge in [-0.15, -0.1) is 0 Å². The Hall–Kier alpha value is -2.00. The average molecular weight is 433 g/mol. The lowest BCUT2D eigenvalue weighted by Gasteiger charge is -2.39. The minimum atomic E-state index is -2.16. The van der Waals surface area contributed by atoms with Crippen molar-refractivity contribution in [2.45, 2.75) is 76.8 Å². The summed E-state index contributed by atoms with van der Waals surface area (Å²) in [7, 11) is -2.16. The van der Waals surface area contributed by atoms with E-state index in [4.69, 9.17) is 9.16 Å². The van der Waals surface area contributed by atoms with E-state index in [1.165, 1.54) is 10.8 Å². The molecule has 8 heteroatoms. The van der Waals surface area contributed by atoms with Gasteiger partial charge in [0.15, 0.2) is 8.32 Å². The molecule has 1 aromatic heterocycles. The van der Waals surface area contributed by atoms with Crippen LogP contribution in [-0.2, 0) is 9.16 Å². The quantitative estimate of drug-likeness (QED) is 0.708. The highest BCUT2D eigenvalue weighted by Crippen LogP contribution is 2.43. The van der Waals surface area contributed by atoms with Crippen LogP contribution >= 0.6 is 0 Å². The van der Waals surface area contributed by atoms with Crippen molar-refractivity contribution in [2.24, 2.45) is 0 Å². The van der Waals surface area contributed by atoms with Crippen LogP contribution in [-0.4, -0.2) is 35.2 Å². The van der Waals surface area contributed by atoms with Crippen molar-refractivity contribution < 1.29 is 14.3 Å². The molecule has 0 radical (unpaired) electrons. The van der Waals surface area contributed by atoms with Crippen molar-refractivity contribution in [2.75, 3.05) is 0 Å². The molecule has 0 bridgehead atoms. The molecule has 2 N–H and O–H groups in total. The molecule has 164 valence electrons. The highest BCUT2D eigenvalue weighted by molar-refractivity contribution is 6.74. The second-order valence-corrected chi connectivity index (χ2v) is 14.3. The predicted octanol–water partition coefficient (Wildman–Crippen LogP) is 3.26. The standard InChI is InChI=1S/C22H32N2O5Si/c1-14-13-24(21(27)23-20(14)26)17-12-16(29-30(5,6)22(2,3)4)19(28-17)18(25)15-10-8-7-9-11-15/h7-11,13,16-19,25H,12H2,1-6H3,(H,23,26,27)/t16-,17+,18?,19-/m0/s1. The molecular formula is C22H32N2O5Si. The van der Waals surface area contributed by atoms with E-state index >= 15 is 0 Å². The van der Waals surface area contributed by atoms with E-state index in [9.17, 15) is 14.7 Å². The van der Waals surface area contributed by atoms with Crippen molar-refractivity contribution in [3.63, 3.8) is 0 Å². The summed E-state index contributed by atoms with van der Waals surface area (Å²) in [5.41, 5.74) is 0.213. The third-order valence-corrected chi connectivity index (χ3v) is 10.8. The summed E-state index contributed by atoms with van der Waals surface area (Å²) in [6.07, 6.45) is -0.633. The number of aromatic nitrogens is 2. The molecule has 4 atom stereocenters. The maximum Gasteiger partial charge on any atom is 0.330 e. The maximum atomic E-state index is 12.4. The first-order chi connectivity index (χ1) is 13.9. The second kappa shape index (κ2) is 8.26. The van der Waals surface area contributed by atoms with Gasteiger partial charge >= 0.3 is 5.69 Å². The van der Waals surface area contributed by atoms with Crippen LogP contribution in [0.15, 0.2) is 46.1 Å². The van der Waals surface area contributed by atoms with E-state index in [1.807, 2.05) is 30.3 Å². The van der Waals surface area contributed by atoms with Gasteiger partial charge in [0.05, 0.1) is 6.10 Å². The molecule has 1 aromatic carbocycles. The van der Waals surface area contributed by atoms with Crippen LogP contribution in [0.4, 0.5) is 0 Å². The topological polar surface area (TPSA) is 93.6 Å². The van der Waals surface area contributed by atoms with Crippen LogP contribution in [0.2, 0.25) is 18.1 Å². The molecule has 1 saturated heterocycles. The lowest BCUT2D eigenvalue weighted by molar-refractivity contribution is -0.0827. The van der Waals surface area contributed by atoms with Gasteiger partial charge in [-0.3, -0.25) is 14.3 Å². The Bertz CT molecular complexity index is 993. The zero-order chi connectivity index (χ0) is 22.3. The van der Waals surface area contributed by atoms with Crippen molar-refractivity contribution in [1.29, 1.82) is 0 Å². The fourth-order valence-electron chi connectivity index (χ4n) is 3.42. The molecule has 1 aliphatic rings. The SMILES string of the molecule is Cc1cn([C@H]2C[C@H](O[Si](C)(C)C(C)(C)C)[C@@H](C(O)c3ccccc3)O2)c(=O)[nH]c1=O. The predicted molar refractivity (Wildman–Crippen MR) is 118 cm³/mol. The molecular weight excluding hydrogens is 400 g/mol. The number of ether oxygens (including phenoxy) is 1. The Morgan fingerprint density at radius 3 is 2.47 bits per heavy atom. The number of H-pyrrole nitrogens is 1. The Morgan fingerprint density at radius 2 is 1.87 bits per heavy atom. The number of aliphatic hydroxyl groups is 1. The summed E-state index contributed by atoms with van der Waals surface area (Å²) in [6, 6.07) is 9.32. The number of aliphatic hydroxyl groups excluding tert-OH is 1. The molecule has 1 unspecified atom stereocenters. The van der Waals surface area contributed by atoms with E-state index in [1.54, 1.807) is 6.92 Å². The largest absolute Gasteiger partial charge is 0.411 e. The highest BCUT2D eigenvalue weighted by Gasteiger charge is 2.47. The Morgan fingerprint density at radius 1 is 1.23 bits per heavy atom. The minimum absolute atomic E-state index is 0.0151. The zero-order valence-electron chi connectivity index (χ0n) is 18.5. The molecule has 2 aromatic rings. The first-order valence-electron chi connectivity index (χ1n) is 10.3. The first-order valence-corrected chi connectivity index (χ1v) is 13.2. The maximum absolute atomic E-state index is 12.4. The van der Waals surface area contributed by atoms with Gasteiger partial charge in [-0.05, 0) is 30.6 Å². The number of hydrogen-bond donors (Lipinski definition) is 2.